The summed E-state index contributed by atoms with van der Waals surface area (Å²) in [4.78, 5) is 20.4. The van der Waals surface area contributed by atoms with E-state index in [1.54, 1.807) is 0 Å². The summed E-state index contributed by atoms with van der Waals surface area (Å²) < 4.78 is 0. The molecule has 0 aromatic heterocycles. The van der Waals surface area contributed by atoms with Crippen LogP contribution < -0.4 is 0 Å². The molecule has 0 heterocycles. The van der Waals surface area contributed by atoms with Crippen LogP contribution in [0.1, 0.15) is 19.3 Å². The Kier molecular flexibility index (Phi) is 3.39. The Hall–Kier alpha value is -1.65. The lowest BCUT2D eigenvalue weighted by Crippen LogP contribution is -2.21. The van der Waals surface area contributed by atoms with E-state index < -0.39 is 12.0 Å². The second kappa shape index (κ2) is 4.55. The van der Waals surface area contributed by atoms with E-state index in [9.17, 15) is 14.9 Å². The van der Waals surface area contributed by atoms with Crippen molar-refractivity contribution in [3.8, 4) is 0 Å². The highest BCUT2D eigenvalue weighted by atomic mass is 16.6. The molecule has 14 heavy (non-hydrogen) atoms. The molecule has 1 rings (SSSR count). The Labute approximate surface area is 80.9 Å². The van der Waals surface area contributed by atoms with Crippen molar-refractivity contribution in [3.05, 3.63) is 33.9 Å². The molecule has 0 aromatic carbocycles. The van der Waals surface area contributed by atoms with Crippen molar-refractivity contribution >= 4 is 5.97 Å². The maximum atomic E-state index is 10.5. The van der Waals surface area contributed by atoms with Crippen LogP contribution in [0.3, 0.4) is 0 Å². The van der Waals surface area contributed by atoms with Crippen LogP contribution in [0.2, 0.25) is 0 Å². The molecule has 0 radical (unpaired) electrons. The lowest BCUT2D eigenvalue weighted by Gasteiger charge is -2.13. The molecule has 1 unspecified atom stereocenters. The highest BCUT2D eigenvalue weighted by Gasteiger charge is 2.23. The molecule has 0 aromatic rings. The van der Waals surface area contributed by atoms with E-state index >= 15 is 0 Å². The van der Waals surface area contributed by atoms with Gasteiger partial charge in [-0.2, -0.15) is 0 Å². The summed E-state index contributed by atoms with van der Waals surface area (Å²) in [6, 6.07) is -0.562. The monoisotopic (exact) mass is 197 g/mol. The van der Waals surface area contributed by atoms with Gasteiger partial charge in [0.2, 0.25) is 6.04 Å². The van der Waals surface area contributed by atoms with Gasteiger partial charge >= 0.3 is 5.97 Å². The second-order valence-electron chi connectivity index (χ2n) is 3.17. The lowest BCUT2D eigenvalue weighted by molar-refractivity contribution is -0.523. The van der Waals surface area contributed by atoms with Crippen molar-refractivity contribution in [2.45, 2.75) is 25.3 Å². The van der Waals surface area contributed by atoms with Crippen LogP contribution in [0.25, 0.3) is 0 Å². The van der Waals surface area contributed by atoms with E-state index in [2.05, 4.69) is 0 Å². The summed E-state index contributed by atoms with van der Waals surface area (Å²) in [5, 5.41) is 18.8. The van der Waals surface area contributed by atoms with Crippen LogP contribution in [-0.4, -0.2) is 22.0 Å². The van der Waals surface area contributed by atoms with Gasteiger partial charge in [-0.05, 0) is 12.0 Å². The zero-order chi connectivity index (χ0) is 10.6. The number of hydrogen-bond donors (Lipinski definition) is 1. The molecule has 0 saturated heterocycles. The van der Waals surface area contributed by atoms with Crippen molar-refractivity contribution in [1.29, 1.82) is 0 Å². The van der Waals surface area contributed by atoms with Crippen molar-refractivity contribution in [3.63, 3.8) is 0 Å². The number of rotatable bonds is 3. The Morgan fingerprint density at radius 3 is 3.00 bits per heavy atom. The smallest absolute Gasteiger partial charge is 0.328 e. The molecule has 76 valence electrons. The molecular formula is C9H11NO4. The van der Waals surface area contributed by atoms with Gasteiger partial charge in [-0.1, -0.05) is 12.2 Å². The van der Waals surface area contributed by atoms with Gasteiger partial charge in [0, 0.05) is 23.8 Å². The van der Waals surface area contributed by atoms with Gasteiger partial charge in [-0.25, -0.2) is 4.79 Å². The van der Waals surface area contributed by atoms with E-state index in [1.807, 2.05) is 6.08 Å². The third kappa shape index (κ3) is 3.01. The van der Waals surface area contributed by atoms with E-state index in [-0.39, 0.29) is 4.92 Å². The van der Waals surface area contributed by atoms with Crippen molar-refractivity contribution < 1.29 is 14.8 Å². The van der Waals surface area contributed by atoms with Crippen molar-refractivity contribution in [1.82, 2.24) is 0 Å². The van der Waals surface area contributed by atoms with E-state index in [0.717, 1.165) is 11.6 Å². The third-order valence-corrected chi connectivity index (χ3v) is 2.12. The minimum Gasteiger partial charge on any atom is -0.478 e. The van der Waals surface area contributed by atoms with Gasteiger partial charge in [-0.15, -0.1) is 0 Å². The summed E-state index contributed by atoms with van der Waals surface area (Å²) in [6.45, 7) is 0. The number of allylic oxidation sites excluding steroid dienone is 2. The maximum Gasteiger partial charge on any atom is 0.328 e. The number of nitrogens with zero attached hydrogens (tertiary/aromatic N) is 1. The van der Waals surface area contributed by atoms with Crippen molar-refractivity contribution in [2.24, 2.45) is 0 Å². The molecule has 5 heteroatoms. The fourth-order valence-corrected chi connectivity index (χ4v) is 1.41. The molecule has 0 aliphatic heterocycles. The van der Waals surface area contributed by atoms with Gasteiger partial charge in [0.15, 0.2) is 0 Å². The van der Waals surface area contributed by atoms with E-state index in [0.29, 0.717) is 19.3 Å². The first-order chi connectivity index (χ1) is 6.59. The van der Waals surface area contributed by atoms with Gasteiger partial charge in [0.1, 0.15) is 0 Å². The maximum absolute atomic E-state index is 10.5. The second-order valence-corrected chi connectivity index (χ2v) is 3.17. The molecule has 0 spiro atoms. The van der Waals surface area contributed by atoms with Crippen molar-refractivity contribution in [2.75, 3.05) is 0 Å². The number of carboxylic acid groups (broad SMARTS) is 1. The topological polar surface area (TPSA) is 80.4 Å². The summed E-state index contributed by atoms with van der Waals surface area (Å²) in [6.07, 6.45) is 5.80. The average Bonchev–Trinajstić information content (AvgIpc) is 2.15. The zero-order valence-electron chi connectivity index (χ0n) is 7.55. The first-order valence-electron chi connectivity index (χ1n) is 4.33. The standard InChI is InChI=1S/C9H11NO4/c11-9(12)5-4-7-2-1-3-8(6-7)10(13)14/h2,4-5,8H,1,3,6H2,(H,11,12)/b5-4+. The summed E-state index contributed by atoms with van der Waals surface area (Å²) in [5.41, 5.74) is 0.736. The summed E-state index contributed by atoms with van der Waals surface area (Å²) in [7, 11) is 0. The van der Waals surface area contributed by atoms with E-state index in [4.69, 9.17) is 5.11 Å². The molecule has 0 bridgehead atoms. The van der Waals surface area contributed by atoms with Gasteiger partial charge in [0.25, 0.3) is 0 Å². The number of hydrogen-bond acceptors (Lipinski definition) is 3. The summed E-state index contributed by atoms with van der Waals surface area (Å²) in [5.74, 6) is -1.03. The Bertz CT molecular complexity index is 306. The van der Waals surface area contributed by atoms with Gasteiger partial charge < -0.3 is 5.11 Å². The third-order valence-electron chi connectivity index (χ3n) is 2.12. The number of carbonyl (C=O) groups is 1. The highest BCUT2D eigenvalue weighted by Crippen LogP contribution is 2.21. The molecule has 0 saturated carbocycles. The molecular weight excluding hydrogens is 186 g/mol. The molecule has 1 atom stereocenters. The van der Waals surface area contributed by atoms with E-state index in [1.165, 1.54) is 6.08 Å². The van der Waals surface area contributed by atoms with Crippen LogP contribution in [0, 0.1) is 10.1 Å². The molecule has 5 nitrogen and oxygen atoms in total. The predicted molar refractivity (Wildman–Crippen MR) is 49.5 cm³/mol. The van der Waals surface area contributed by atoms with Gasteiger partial charge in [0.05, 0.1) is 0 Å². The number of aliphatic carboxylic acids is 1. The fourth-order valence-electron chi connectivity index (χ4n) is 1.41. The Morgan fingerprint density at radius 1 is 1.71 bits per heavy atom. The van der Waals surface area contributed by atoms with Crippen LogP contribution in [0.5, 0.6) is 0 Å². The minimum absolute atomic E-state index is 0.304. The molecule has 1 aliphatic rings. The lowest BCUT2D eigenvalue weighted by atomic mass is 9.95. The number of nitro groups is 1. The van der Waals surface area contributed by atoms with Gasteiger partial charge in [-0.3, -0.25) is 10.1 Å². The number of carboxylic acids is 1. The molecule has 0 amide bonds. The fraction of sp³-hybridized carbons (Fsp3) is 0.444. The quantitative estimate of drug-likeness (QED) is 0.421. The minimum atomic E-state index is -1.03. The predicted octanol–water partition coefficient (Wildman–Crippen LogP) is 1.38. The highest BCUT2D eigenvalue weighted by molar-refractivity contribution is 5.80. The SMILES string of the molecule is O=C(O)/C=C/C1=CCCC([N+](=O)[O-])C1. The zero-order valence-corrected chi connectivity index (χ0v) is 7.55. The van der Waals surface area contributed by atoms with Crippen LogP contribution in [0.15, 0.2) is 23.8 Å². The first-order valence-corrected chi connectivity index (χ1v) is 4.33. The van der Waals surface area contributed by atoms with Crippen LogP contribution in [0.4, 0.5) is 0 Å². The first kappa shape index (κ1) is 10.4. The molecule has 1 aliphatic carbocycles. The summed E-state index contributed by atoms with van der Waals surface area (Å²) >= 11 is 0. The Balaban J connectivity index is 2.59. The normalized spacial score (nSPS) is 22.0. The largest absolute Gasteiger partial charge is 0.478 e. The molecule has 0 fully saturated rings. The average molecular weight is 197 g/mol. The van der Waals surface area contributed by atoms with Crippen LogP contribution in [-0.2, 0) is 4.79 Å². The molecule has 1 N–H and O–H groups in total. The van der Waals surface area contributed by atoms with Crippen LogP contribution >= 0.6 is 0 Å². The Morgan fingerprint density at radius 2 is 2.43 bits per heavy atom.